The van der Waals surface area contributed by atoms with Crippen LogP contribution < -0.4 is 5.73 Å². The van der Waals surface area contributed by atoms with Gasteiger partial charge in [-0.2, -0.15) is 18.3 Å². The SMILES string of the molecule is Nc1cc(C(=O)N2CC(c3nn(CC(=O)N4CCC[C@H]4C(F)(F)F)c4ccccc34)C2)ccn1. The minimum absolute atomic E-state index is 0.0425. The summed E-state index contributed by atoms with van der Waals surface area (Å²) in [5.41, 5.74) is 7.54. The maximum atomic E-state index is 13.3. The van der Waals surface area contributed by atoms with Gasteiger partial charge in [0.25, 0.3) is 5.91 Å². The molecule has 0 unspecified atom stereocenters. The second-order valence-electron chi connectivity index (χ2n) is 8.72. The average molecular weight is 472 g/mol. The molecule has 4 heterocycles. The third-order valence-corrected chi connectivity index (χ3v) is 6.51. The number of fused-ring (bicyclic) bond motifs is 1. The molecule has 2 fully saturated rings. The highest BCUT2D eigenvalue weighted by molar-refractivity contribution is 5.95. The van der Waals surface area contributed by atoms with Crippen molar-refractivity contribution in [3.63, 3.8) is 0 Å². The average Bonchev–Trinajstić information content (AvgIpc) is 3.39. The number of pyridine rings is 1. The summed E-state index contributed by atoms with van der Waals surface area (Å²) in [6.07, 6.45) is -2.70. The number of alkyl halides is 3. The number of benzene rings is 1. The minimum atomic E-state index is -4.44. The second-order valence-corrected chi connectivity index (χ2v) is 8.72. The lowest BCUT2D eigenvalue weighted by Crippen LogP contribution is -2.48. The van der Waals surface area contributed by atoms with Crippen molar-refractivity contribution in [1.82, 2.24) is 24.6 Å². The van der Waals surface area contributed by atoms with Gasteiger partial charge in [0.2, 0.25) is 5.91 Å². The molecule has 11 heteroatoms. The van der Waals surface area contributed by atoms with Crippen molar-refractivity contribution in [2.45, 2.75) is 37.5 Å². The Labute approximate surface area is 193 Å². The number of anilines is 1. The molecule has 0 saturated carbocycles. The number of carbonyl (C=O) groups is 2. The number of likely N-dealkylation sites (tertiary alicyclic amines) is 2. The highest BCUT2D eigenvalue weighted by Crippen LogP contribution is 2.34. The first kappa shape index (κ1) is 22.2. The van der Waals surface area contributed by atoms with Crippen LogP contribution in [0, 0.1) is 0 Å². The molecule has 2 N–H and O–H groups in total. The number of nitrogens with two attached hydrogens (primary N) is 1. The number of amides is 2. The van der Waals surface area contributed by atoms with Crippen molar-refractivity contribution in [3.05, 3.63) is 53.9 Å². The number of rotatable bonds is 4. The van der Waals surface area contributed by atoms with Crippen LogP contribution in [0.3, 0.4) is 0 Å². The van der Waals surface area contributed by atoms with Gasteiger partial charge in [0, 0.05) is 42.7 Å². The van der Waals surface area contributed by atoms with Gasteiger partial charge in [-0.25, -0.2) is 4.98 Å². The van der Waals surface area contributed by atoms with Crippen molar-refractivity contribution in [2.24, 2.45) is 0 Å². The molecule has 2 aromatic heterocycles. The summed E-state index contributed by atoms with van der Waals surface area (Å²) in [6.45, 7) is 0.712. The highest BCUT2D eigenvalue weighted by Gasteiger charge is 2.47. The number of hydrogen-bond donors (Lipinski definition) is 1. The Morgan fingerprint density at radius 3 is 2.65 bits per heavy atom. The molecule has 0 spiro atoms. The molecule has 0 aliphatic carbocycles. The van der Waals surface area contributed by atoms with Gasteiger partial charge < -0.3 is 15.5 Å². The molecule has 1 atom stereocenters. The monoisotopic (exact) mass is 472 g/mol. The number of nitrogen functional groups attached to an aromatic ring is 1. The normalized spacial score (nSPS) is 19.0. The first-order valence-electron chi connectivity index (χ1n) is 11.0. The number of aromatic nitrogens is 3. The quantitative estimate of drug-likeness (QED) is 0.630. The third kappa shape index (κ3) is 3.95. The zero-order chi connectivity index (χ0) is 24.0. The Hall–Kier alpha value is -3.63. The largest absolute Gasteiger partial charge is 0.408 e. The van der Waals surface area contributed by atoms with Crippen molar-refractivity contribution in [3.8, 4) is 0 Å². The van der Waals surface area contributed by atoms with Crippen LogP contribution in [0.5, 0.6) is 0 Å². The van der Waals surface area contributed by atoms with Gasteiger partial charge in [-0.05, 0) is 31.0 Å². The number of carbonyl (C=O) groups excluding carboxylic acids is 2. The predicted molar refractivity (Wildman–Crippen MR) is 118 cm³/mol. The van der Waals surface area contributed by atoms with Crippen molar-refractivity contribution < 1.29 is 22.8 Å². The fraction of sp³-hybridized carbons (Fsp3) is 0.391. The second kappa shape index (κ2) is 8.30. The van der Waals surface area contributed by atoms with Crippen LogP contribution in [-0.2, 0) is 11.3 Å². The summed E-state index contributed by atoms with van der Waals surface area (Å²) in [4.78, 5) is 32.0. The predicted octanol–water partition coefficient (Wildman–Crippen LogP) is 2.81. The van der Waals surface area contributed by atoms with Gasteiger partial charge in [0.05, 0.1) is 11.2 Å². The zero-order valence-corrected chi connectivity index (χ0v) is 18.2. The molecule has 1 aromatic carbocycles. The number of hydrogen-bond acceptors (Lipinski definition) is 5. The molecule has 5 rings (SSSR count). The molecular formula is C23H23F3N6O2. The Bertz CT molecular complexity index is 1250. The lowest BCUT2D eigenvalue weighted by Gasteiger charge is -2.38. The Kier molecular flexibility index (Phi) is 5.41. The van der Waals surface area contributed by atoms with Crippen molar-refractivity contribution in [2.75, 3.05) is 25.4 Å². The van der Waals surface area contributed by atoms with E-state index in [0.717, 1.165) is 16.0 Å². The summed E-state index contributed by atoms with van der Waals surface area (Å²) in [5.74, 6) is -0.529. The topological polar surface area (TPSA) is 97.3 Å². The Balaban J connectivity index is 1.34. The molecule has 2 amide bonds. The van der Waals surface area contributed by atoms with Crippen LogP contribution in [0.2, 0.25) is 0 Å². The van der Waals surface area contributed by atoms with E-state index in [0.29, 0.717) is 30.6 Å². The van der Waals surface area contributed by atoms with E-state index in [4.69, 9.17) is 5.73 Å². The minimum Gasteiger partial charge on any atom is -0.384 e. The Morgan fingerprint density at radius 2 is 1.91 bits per heavy atom. The van der Waals surface area contributed by atoms with E-state index < -0.39 is 18.1 Å². The van der Waals surface area contributed by atoms with E-state index >= 15 is 0 Å². The van der Waals surface area contributed by atoms with Gasteiger partial charge in [-0.15, -0.1) is 0 Å². The molecule has 3 aromatic rings. The molecule has 0 radical (unpaired) electrons. The van der Waals surface area contributed by atoms with Crippen LogP contribution in [0.25, 0.3) is 10.9 Å². The maximum absolute atomic E-state index is 13.3. The van der Waals surface area contributed by atoms with Gasteiger partial charge in [0.15, 0.2) is 0 Å². The fourth-order valence-electron chi connectivity index (χ4n) is 4.78. The fourth-order valence-corrected chi connectivity index (χ4v) is 4.78. The van der Waals surface area contributed by atoms with Crippen LogP contribution in [0.15, 0.2) is 42.6 Å². The van der Waals surface area contributed by atoms with Gasteiger partial charge >= 0.3 is 6.18 Å². The maximum Gasteiger partial charge on any atom is 0.408 e. The van der Waals surface area contributed by atoms with E-state index in [1.54, 1.807) is 23.1 Å². The van der Waals surface area contributed by atoms with E-state index in [2.05, 4.69) is 10.1 Å². The van der Waals surface area contributed by atoms with Crippen LogP contribution in [0.4, 0.5) is 19.0 Å². The zero-order valence-electron chi connectivity index (χ0n) is 18.2. The van der Waals surface area contributed by atoms with Crippen molar-refractivity contribution >= 4 is 28.5 Å². The van der Waals surface area contributed by atoms with Gasteiger partial charge in [-0.1, -0.05) is 18.2 Å². The summed E-state index contributed by atoms with van der Waals surface area (Å²) in [6, 6.07) is 8.71. The van der Waals surface area contributed by atoms with E-state index in [-0.39, 0.29) is 37.2 Å². The highest BCUT2D eigenvalue weighted by atomic mass is 19.4. The molecule has 2 saturated heterocycles. The first-order valence-corrected chi connectivity index (χ1v) is 11.0. The van der Waals surface area contributed by atoms with Crippen LogP contribution in [0.1, 0.15) is 34.8 Å². The first-order chi connectivity index (χ1) is 16.2. The van der Waals surface area contributed by atoms with Crippen molar-refractivity contribution in [1.29, 1.82) is 0 Å². The van der Waals surface area contributed by atoms with E-state index in [9.17, 15) is 22.8 Å². The number of nitrogens with zero attached hydrogens (tertiary/aromatic N) is 5. The molecule has 2 aliphatic heterocycles. The summed E-state index contributed by atoms with van der Waals surface area (Å²) in [7, 11) is 0. The molecule has 178 valence electrons. The Morgan fingerprint density at radius 1 is 1.15 bits per heavy atom. The molecule has 8 nitrogen and oxygen atoms in total. The third-order valence-electron chi connectivity index (χ3n) is 6.51. The molecule has 34 heavy (non-hydrogen) atoms. The summed E-state index contributed by atoms with van der Waals surface area (Å²) >= 11 is 0. The van der Waals surface area contributed by atoms with Crippen LogP contribution >= 0.6 is 0 Å². The van der Waals surface area contributed by atoms with Gasteiger partial charge in [-0.3, -0.25) is 14.3 Å². The molecule has 2 aliphatic rings. The van der Waals surface area contributed by atoms with E-state index in [1.807, 2.05) is 12.1 Å². The van der Waals surface area contributed by atoms with Crippen LogP contribution in [-0.4, -0.2) is 68.2 Å². The summed E-state index contributed by atoms with van der Waals surface area (Å²) in [5, 5.41) is 5.44. The molecular weight excluding hydrogens is 449 g/mol. The number of para-hydroxylation sites is 1. The summed E-state index contributed by atoms with van der Waals surface area (Å²) < 4.78 is 41.4. The smallest absolute Gasteiger partial charge is 0.384 e. The molecule has 0 bridgehead atoms. The lowest BCUT2D eigenvalue weighted by atomic mass is 9.93. The number of halogens is 3. The standard InChI is InChI=1S/C23H23F3N6O2/c24-23(25,26)18-6-3-9-31(18)20(33)13-32-17-5-2-1-4-16(17)21(29-32)15-11-30(12-15)22(34)14-7-8-28-19(27)10-14/h1-2,4-5,7-8,10,15,18H,3,6,9,11-13H2,(H2,27,28)/t18-/m0/s1. The van der Waals surface area contributed by atoms with E-state index in [1.165, 1.54) is 16.9 Å². The lowest BCUT2D eigenvalue weighted by molar-refractivity contribution is -0.183. The van der Waals surface area contributed by atoms with Gasteiger partial charge in [0.1, 0.15) is 18.4 Å².